The van der Waals surface area contributed by atoms with Crippen molar-refractivity contribution in [2.45, 2.75) is 32.4 Å². The molecule has 0 aliphatic heterocycles. The third-order valence-corrected chi connectivity index (χ3v) is 3.79. The molecule has 106 valence electrons. The van der Waals surface area contributed by atoms with Gasteiger partial charge < -0.3 is 10.4 Å². The monoisotopic (exact) mass is 289 g/mol. The highest BCUT2D eigenvalue weighted by Gasteiger charge is 2.16. The van der Waals surface area contributed by atoms with Crippen LogP contribution in [0.3, 0.4) is 0 Å². The highest BCUT2D eigenvalue weighted by Crippen LogP contribution is 2.28. The number of aromatic hydroxyl groups is 1. The summed E-state index contributed by atoms with van der Waals surface area (Å²) in [6, 6.07) is 15.7. The molecule has 0 saturated heterocycles. The van der Waals surface area contributed by atoms with E-state index in [0.717, 1.165) is 17.0 Å². The molecule has 2 rings (SSSR count). The molecular weight excluding hydrogens is 270 g/mol. The molecule has 0 heterocycles. The number of rotatable bonds is 5. The van der Waals surface area contributed by atoms with Crippen LogP contribution in [-0.4, -0.2) is 5.11 Å². The fourth-order valence-corrected chi connectivity index (χ4v) is 2.49. The molecule has 1 unspecified atom stereocenters. The Morgan fingerprint density at radius 3 is 2.35 bits per heavy atom. The van der Waals surface area contributed by atoms with Gasteiger partial charge in [-0.25, -0.2) is 0 Å². The zero-order valence-electron chi connectivity index (χ0n) is 11.8. The lowest BCUT2D eigenvalue weighted by molar-refractivity contribution is 0.419. The second-order valence-corrected chi connectivity index (χ2v) is 5.40. The van der Waals surface area contributed by atoms with Gasteiger partial charge in [0.05, 0.1) is 0 Å². The van der Waals surface area contributed by atoms with Crippen molar-refractivity contribution in [3.63, 3.8) is 0 Å². The van der Waals surface area contributed by atoms with Gasteiger partial charge in [0.1, 0.15) is 5.75 Å². The second kappa shape index (κ2) is 6.78. The standard InChI is InChI=1S/C17H20ClNO/c1-3-16(15-6-4-5-7-17(15)20)19-12(2)13-8-10-14(18)11-9-13/h4-12,16,19-20H,3H2,1-2H3/t12-,16?/m0/s1. The van der Waals surface area contributed by atoms with Crippen LogP contribution in [0.25, 0.3) is 0 Å². The Labute approximate surface area is 125 Å². The Bertz CT molecular complexity index is 553. The van der Waals surface area contributed by atoms with Crippen LogP contribution in [0.5, 0.6) is 5.75 Å². The number of nitrogens with one attached hydrogen (secondary N) is 1. The lowest BCUT2D eigenvalue weighted by atomic mass is 10.0. The van der Waals surface area contributed by atoms with E-state index in [1.807, 2.05) is 42.5 Å². The second-order valence-electron chi connectivity index (χ2n) is 4.96. The predicted molar refractivity (Wildman–Crippen MR) is 84.1 cm³/mol. The maximum Gasteiger partial charge on any atom is 0.120 e. The summed E-state index contributed by atoms with van der Waals surface area (Å²) in [5.41, 5.74) is 2.12. The first-order valence-corrected chi connectivity index (χ1v) is 7.29. The van der Waals surface area contributed by atoms with Crippen LogP contribution >= 0.6 is 11.6 Å². The van der Waals surface area contributed by atoms with Crippen molar-refractivity contribution in [2.24, 2.45) is 0 Å². The SMILES string of the molecule is CCC(N[C@@H](C)c1ccc(Cl)cc1)c1ccccc1O. The first-order chi connectivity index (χ1) is 9.61. The van der Waals surface area contributed by atoms with Gasteiger partial charge in [-0.05, 0) is 37.1 Å². The molecule has 0 spiro atoms. The van der Waals surface area contributed by atoms with E-state index < -0.39 is 0 Å². The summed E-state index contributed by atoms with van der Waals surface area (Å²) >= 11 is 5.91. The van der Waals surface area contributed by atoms with Crippen molar-refractivity contribution in [1.29, 1.82) is 0 Å². The van der Waals surface area contributed by atoms with Crippen LogP contribution < -0.4 is 5.32 Å². The number of phenolic OH excluding ortho intramolecular Hbond substituents is 1. The van der Waals surface area contributed by atoms with E-state index >= 15 is 0 Å². The summed E-state index contributed by atoms with van der Waals surface area (Å²) in [6.07, 6.45) is 0.912. The molecule has 0 aromatic heterocycles. The zero-order chi connectivity index (χ0) is 14.5. The molecular formula is C17H20ClNO. The Kier molecular flexibility index (Phi) is 5.05. The zero-order valence-corrected chi connectivity index (χ0v) is 12.6. The Morgan fingerprint density at radius 2 is 1.75 bits per heavy atom. The number of halogens is 1. The molecule has 0 aliphatic rings. The van der Waals surface area contributed by atoms with E-state index in [2.05, 4.69) is 19.2 Å². The Balaban J connectivity index is 2.14. The molecule has 0 amide bonds. The van der Waals surface area contributed by atoms with Gasteiger partial charge in [-0.15, -0.1) is 0 Å². The van der Waals surface area contributed by atoms with E-state index in [9.17, 15) is 5.11 Å². The number of hydrogen-bond donors (Lipinski definition) is 2. The Morgan fingerprint density at radius 1 is 1.10 bits per heavy atom. The normalized spacial score (nSPS) is 13.9. The van der Waals surface area contributed by atoms with Crippen molar-refractivity contribution in [3.05, 3.63) is 64.7 Å². The van der Waals surface area contributed by atoms with E-state index in [0.29, 0.717) is 5.75 Å². The van der Waals surface area contributed by atoms with Crippen molar-refractivity contribution < 1.29 is 5.11 Å². The average molecular weight is 290 g/mol. The van der Waals surface area contributed by atoms with Gasteiger partial charge in [-0.3, -0.25) is 0 Å². The molecule has 2 N–H and O–H groups in total. The number of benzene rings is 2. The minimum Gasteiger partial charge on any atom is -0.508 e. The van der Waals surface area contributed by atoms with Gasteiger partial charge in [-0.2, -0.15) is 0 Å². The molecule has 2 nitrogen and oxygen atoms in total. The van der Waals surface area contributed by atoms with E-state index in [4.69, 9.17) is 11.6 Å². The summed E-state index contributed by atoms with van der Waals surface area (Å²) < 4.78 is 0. The molecule has 0 fully saturated rings. The predicted octanol–water partition coefficient (Wildman–Crippen LogP) is 4.85. The van der Waals surface area contributed by atoms with Crippen molar-refractivity contribution >= 4 is 11.6 Å². The molecule has 0 aliphatic carbocycles. The van der Waals surface area contributed by atoms with Gasteiger partial charge in [0.25, 0.3) is 0 Å². The van der Waals surface area contributed by atoms with Crippen LogP contribution in [0.4, 0.5) is 0 Å². The number of para-hydroxylation sites is 1. The highest BCUT2D eigenvalue weighted by atomic mass is 35.5. The molecule has 0 saturated carbocycles. The first kappa shape index (κ1) is 14.9. The summed E-state index contributed by atoms with van der Waals surface area (Å²) in [6.45, 7) is 4.23. The summed E-state index contributed by atoms with van der Waals surface area (Å²) in [4.78, 5) is 0. The maximum absolute atomic E-state index is 9.97. The van der Waals surface area contributed by atoms with Gasteiger partial charge in [0, 0.05) is 22.7 Å². The summed E-state index contributed by atoms with van der Waals surface area (Å²) in [5, 5.41) is 14.3. The third-order valence-electron chi connectivity index (χ3n) is 3.54. The molecule has 2 aromatic carbocycles. The largest absolute Gasteiger partial charge is 0.508 e. The first-order valence-electron chi connectivity index (χ1n) is 6.91. The minimum atomic E-state index is 0.127. The average Bonchev–Trinajstić information content (AvgIpc) is 2.46. The van der Waals surface area contributed by atoms with Crippen LogP contribution in [-0.2, 0) is 0 Å². The Hall–Kier alpha value is -1.51. The third kappa shape index (κ3) is 3.53. The lowest BCUT2D eigenvalue weighted by Crippen LogP contribution is -2.24. The van der Waals surface area contributed by atoms with Gasteiger partial charge >= 0.3 is 0 Å². The quantitative estimate of drug-likeness (QED) is 0.825. The molecule has 0 radical (unpaired) electrons. The fraction of sp³-hybridized carbons (Fsp3) is 0.294. The fourth-order valence-electron chi connectivity index (χ4n) is 2.36. The maximum atomic E-state index is 9.97. The van der Waals surface area contributed by atoms with Crippen molar-refractivity contribution in [2.75, 3.05) is 0 Å². The summed E-state index contributed by atoms with van der Waals surface area (Å²) in [7, 11) is 0. The molecule has 3 heteroatoms. The van der Waals surface area contributed by atoms with E-state index in [1.165, 1.54) is 5.56 Å². The van der Waals surface area contributed by atoms with Crippen LogP contribution in [0.1, 0.15) is 43.5 Å². The molecule has 0 bridgehead atoms. The molecule has 2 aromatic rings. The van der Waals surface area contributed by atoms with Crippen molar-refractivity contribution in [3.8, 4) is 5.75 Å². The molecule has 20 heavy (non-hydrogen) atoms. The van der Waals surface area contributed by atoms with Crippen LogP contribution in [0, 0.1) is 0 Å². The van der Waals surface area contributed by atoms with Crippen molar-refractivity contribution in [1.82, 2.24) is 5.32 Å². The highest BCUT2D eigenvalue weighted by molar-refractivity contribution is 6.30. The van der Waals surface area contributed by atoms with Gasteiger partial charge in [0.2, 0.25) is 0 Å². The lowest BCUT2D eigenvalue weighted by Gasteiger charge is -2.23. The topological polar surface area (TPSA) is 32.3 Å². The van der Waals surface area contributed by atoms with E-state index in [-0.39, 0.29) is 12.1 Å². The number of hydrogen-bond acceptors (Lipinski definition) is 2. The van der Waals surface area contributed by atoms with Gasteiger partial charge in [0.15, 0.2) is 0 Å². The van der Waals surface area contributed by atoms with Crippen LogP contribution in [0.2, 0.25) is 5.02 Å². The van der Waals surface area contributed by atoms with Crippen LogP contribution in [0.15, 0.2) is 48.5 Å². The van der Waals surface area contributed by atoms with Gasteiger partial charge in [-0.1, -0.05) is 48.9 Å². The minimum absolute atomic E-state index is 0.127. The molecule has 2 atom stereocenters. The van der Waals surface area contributed by atoms with E-state index in [1.54, 1.807) is 6.07 Å². The smallest absolute Gasteiger partial charge is 0.120 e. The number of phenols is 1. The summed E-state index contributed by atoms with van der Waals surface area (Å²) in [5.74, 6) is 0.343.